The molecular weight excluding hydrogens is 442 g/mol. The van der Waals surface area contributed by atoms with E-state index in [4.69, 9.17) is 4.74 Å². The molecule has 0 bridgehead atoms. The van der Waals surface area contributed by atoms with Gasteiger partial charge >= 0.3 is 6.03 Å². The monoisotopic (exact) mass is 473 g/mol. The van der Waals surface area contributed by atoms with Crippen LogP contribution in [0, 0.1) is 5.41 Å². The maximum Gasteiger partial charge on any atom is 0.344 e. The second-order valence-electron chi connectivity index (χ2n) is 9.70. The molecule has 3 aromatic rings. The van der Waals surface area contributed by atoms with Crippen LogP contribution < -0.4 is 9.64 Å². The summed E-state index contributed by atoms with van der Waals surface area (Å²) in [6, 6.07) is 18.0. The molecule has 3 heterocycles. The number of rotatable bonds is 5. The fraction of sp³-hybridized carbons (Fsp3) is 0.370. The number of amides is 2. The number of hydrogen-bond acceptors (Lipinski definition) is 5. The van der Waals surface area contributed by atoms with Crippen molar-refractivity contribution in [3.8, 4) is 11.5 Å². The number of carbonyl (C=O) groups is 2. The molecule has 2 aliphatic heterocycles. The number of ether oxygens (including phenoxy) is 1. The number of hydrogen-bond donors (Lipinski definition) is 0. The van der Waals surface area contributed by atoms with Crippen molar-refractivity contribution in [2.45, 2.75) is 26.3 Å². The molecule has 2 aromatic carbocycles. The number of likely N-dealkylation sites (tertiary alicyclic amines) is 2. The van der Waals surface area contributed by atoms with Gasteiger partial charge < -0.3 is 14.5 Å². The van der Waals surface area contributed by atoms with E-state index in [0.717, 1.165) is 57.1 Å². The minimum atomic E-state index is -0.130. The summed E-state index contributed by atoms with van der Waals surface area (Å²) in [6.07, 6.45) is 5.16. The van der Waals surface area contributed by atoms with Crippen molar-refractivity contribution in [2.24, 2.45) is 5.41 Å². The minimum absolute atomic E-state index is 0.0955. The molecule has 35 heavy (non-hydrogen) atoms. The highest BCUT2D eigenvalue weighted by Gasteiger charge is 2.45. The van der Waals surface area contributed by atoms with E-state index in [1.165, 1.54) is 22.1 Å². The smallest absolute Gasteiger partial charge is 0.344 e. The maximum absolute atomic E-state index is 12.9. The number of piperidine rings is 1. The van der Waals surface area contributed by atoms with Gasteiger partial charge in [0.05, 0.1) is 18.1 Å². The highest BCUT2D eigenvalue weighted by atomic mass is 16.5. The largest absolute Gasteiger partial charge is 0.457 e. The van der Waals surface area contributed by atoms with E-state index in [2.05, 4.69) is 22.1 Å². The Morgan fingerprint density at radius 1 is 1.03 bits per heavy atom. The molecule has 0 unspecified atom stereocenters. The minimum Gasteiger partial charge on any atom is -0.457 e. The van der Waals surface area contributed by atoms with Gasteiger partial charge in [-0.3, -0.25) is 9.69 Å². The predicted molar refractivity (Wildman–Crippen MR) is 134 cm³/mol. The zero-order chi connectivity index (χ0) is 24.4. The van der Waals surface area contributed by atoms with Gasteiger partial charge in [0.1, 0.15) is 11.5 Å². The molecule has 0 radical (unpaired) electrons. The summed E-state index contributed by atoms with van der Waals surface area (Å²) in [4.78, 5) is 30.3. The van der Waals surface area contributed by atoms with E-state index < -0.39 is 0 Å². The molecule has 2 aliphatic rings. The Balaban J connectivity index is 1.11. The zero-order valence-electron chi connectivity index (χ0n) is 20.3. The molecule has 0 aliphatic carbocycles. The molecule has 0 atom stereocenters. The van der Waals surface area contributed by atoms with E-state index in [1.807, 2.05) is 47.4 Å². The molecule has 182 valence electrons. The van der Waals surface area contributed by atoms with Crippen molar-refractivity contribution in [1.29, 1.82) is 0 Å². The average molecular weight is 474 g/mol. The Morgan fingerprint density at radius 3 is 2.46 bits per heavy atom. The van der Waals surface area contributed by atoms with Crippen molar-refractivity contribution in [3.05, 3.63) is 72.6 Å². The fourth-order valence-corrected chi connectivity index (χ4v) is 5.01. The van der Waals surface area contributed by atoms with Crippen LogP contribution in [0.25, 0.3) is 0 Å². The summed E-state index contributed by atoms with van der Waals surface area (Å²) in [6.45, 7) is 5.94. The van der Waals surface area contributed by atoms with E-state index in [-0.39, 0.29) is 11.9 Å². The summed E-state index contributed by atoms with van der Waals surface area (Å²) in [5.74, 6) is 1.60. The molecule has 2 saturated heterocycles. The molecule has 0 N–H and O–H groups in total. The molecule has 0 saturated carbocycles. The lowest BCUT2D eigenvalue weighted by atomic mass is 9.72. The fourth-order valence-electron chi connectivity index (χ4n) is 5.01. The van der Waals surface area contributed by atoms with Crippen LogP contribution in [0.15, 0.2) is 67.0 Å². The SMILES string of the molecule is CC(=O)N(C)c1cnn(C(=O)N2CCC3(CC2)CN(Cc2cccc(Oc4ccccc4)c2)C3)c1. The van der Waals surface area contributed by atoms with Gasteiger partial charge in [-0.05, 0) is 48.1 Å². The highest BCUT2D eigenvalue weighted by Crippen LogP contribution is 2.41. The number of para-hydroxylation sites is 1. The van der Waals surface area contributed by atoms with Gasteiger partial charge in [-0.25, -0.2) is 4.79 Å². The molecule has 1 spiro atoms. The Morgan fingerprint density at radius 2 is 1.74 bits per heavy atom. The van der Waals surface area contributed by atoms with Gasteiger partial charge in [0, 0.05) is 46.7 Å². The van der Waals surface area contributed by atoms with Crippen LogP contribution in [0.2, 0.25) is 0 Å². The highest BCUT2D eigenvalue weighted by molar-refractivity contribution is 5.91. The van der Waals surface area contributed by atoms with E-state index in [1.54, 1.807) is 19.4 Å². The Kier molecular flexibility index (Phi) is 6.30. The summed E-state index contributed by atoms with van der Waals surface area (Å²) >= 11 is 0. The third kappa shape index (κ3) is 5.07. The number of aromatic nitrogens is 2. The average Bonchev–Trinajstić information content (AvgIpc) is 3.34. The van der Waals surface area contributed by atoms with Crippen LogP contribution in [0.3, 0.4) is 0 Å². The van der Waals surface area contributed by atoms with Gasteiger partial charge in [0.2, 0.25) is 5.91 Å². The molecule has 2 amide bonds. The van der Waals surface area contributed by atoms with Crippen molar-refractivity contribution in [3.63, 3.8) is 0 Å². The van der Waals surface area contributed by atoms with Crippen molar-refractivity contribution in [2.75, 3.05) is 38.1 Å². The first-order valence-electron chi connectivity index (χ1n) is 12.0. The van der Waals surface area contributed by atoms with Gasteiger partial charge in [-0.15, -0.1) is 0 Å². The van der Waals surface area contributed by atoms with Crippen molar-refractivity contribution >= 4 is 17.6 Å². The lowest BCUT2D eigenvalue weighted by Gasteiger charge is -2.54. The quantitative estimate of drug-likeness (QED) is 0.555. The third-order valence-electron chi connectivity index (χ3n) is 7.12. The van der Waals surface area contributed by atoms with Gasteiger partial charge in [-0.1, -0.05) is 30.3 Å². The van der Waals surface area contributed by atoms with Crippen LogP contribution in [0.4, 0.5) is 10.5 Å². The predicted octanol–water partition coefficient (Wildman–Crippen LogP) is 4.22. The molecular formula is C27H31N5O3. The maximum atomic E-state index is 12.9. The second kappa shape index (κ2) is 9.54. The van der Waals surface area contributed by atoms with E-state index >= 15 is 0 Å². The van der Waals surface area contributed by atoms with E-state index in [0.29, 0.717) is 11.1 Å². The van der Waals surface area contributed by atoms with Gasteiger partial charge in [0.25, 0.3) is 0 Å². The standard InChI is InChI=1S/C27H31N5O3/c1-21(33)29(2)23-16-28-32(18-23)26(34)31-13-11-27(12-14-31)19-30(20-27)17-22-7-6-10-25(15-22)35-24-8-4-3-5-9-24/h3-10,15-16,18H,11-14,17,19-20H2,1-2H3. The number of nitrogens with zero attached hydrogens (tertiary/aromatic N) is 5. The Bertz CT molecular complexity index is 1190. The van der Waals surface area contributed by atoms with Crippen LogP contribution in [-0.4, -0.2) is 64.7 Å². The summed E-state index contributed by atoms with van der Waals surface area (Å²) in [7, 11) is 1.67. The Hall–Kier alpha value is -3.65. The Labute approximate surface area is 205 Å². The normalized spacial score (nSPS) is 17.1. The van der Waals surface area contributed by atoms with Crippen molar-refractivity contribution in [1.82, 2.24) is 19.6 Å². The number of benzene rings is 2. The molecule has 2 fully saturated rings. The number of anilines is 1. The lowest BCUT2D eigenvalue weighted by molar-refractivity contribution is -0.116. The van der Waals surface area contributed by atoms with E-state index in [9.17, 15) is 9.59 Å². The lowest BCUT2D eigenvalue weighted by Crippen LogP contribution is -2.60. The zero-order valence-corrected chi connectivity index (χ0v) is 20.3. The topological polar surface area (TPSA) is 70.9 Å². The summed E-state index contributed by atoms with van der Waals surface area (Å²) in [5, 5.41) is 4.17. The second-order valence-corrected chi connectivity index (χ2v) is 9.70. The molecule has 8 heteroatoms. The third-order valence-corrected chi connectivity index (χ3v) is 7.12. The first-order chi connectivity index (χ1) is 16.9. The molecule has 8 nitrogen and oxygen atoms in total. The molecule has 5 rings (SSSR count). The van der Waals surface area contributed by atoms with Gasteiger partial charge in [0.15, 0.2) is 0 Å². The molecule has 1 aromatic heterocycles. The van der Waals surface area contributed by atoms with Crippen LogP contribution in [0.5, 0.6) is 11.5 Å². The van der Waals surface area contributed by atoms with Crippen molar-refractivity contribution < 1.29 is 14.3 Å². The van der Waals surface area contributed by atoms with Gasteiger partial charge in [-0.2, -0.15) is 9.78 Å². The first-order valence-corrected chi connectivity index (χ1v) is 12.0. The first kappa shape index (κ1) is 23.1. The number of carbonyl (C=O) groups excluding carboxylic acids is 2. The summed E-state index contributed by atoms with van der Waals surface area (Å²) < 4.78 is 7.31. The summed E-state index contributed by atoms with van der Waals surface area (Å²) in [5.41, 5.74) is 2.15. The van der Waals surface area contributed by atoms with Crippen LogP contribution in [-0.2, 0) is 11.3 Å². The van der Waals surface area contributed by atoms with Crippen LogP contribution >= 0.6 is 0 Å². The van der Waals surface area contributed by atoms with Crippen LogP contribution in [0.1, 0.15) is 25.3 Å².